The van der Waals surface area contributed by atoms with Gasteiger partial charge in [0.15, 0.2) is 11.5 Å². The third-order valence-electron chi connectivity index (χ3n) is 3.33. The highest BCUT2D eigenvalue weighted by Gasteiger charge is 2.17. The van der Waals surface area contributed by atoms with E-state index in [0.29, 0.717) is 16.3 Å². The van der Waals surface area contributed by atoms with Crippen molar-refractivity contribution in [3.8, 4) is 11.5 Å². The second-order valence-corrected chi connectivity index (χ2v) is 5.31. The van der Waals surface area contributed by atoms with Crippen LogP contribution in [0.5, 0.6) is 11.5 Å². The van der Waals surface area contributed by atoms with Crippen molar-refractivity contribution in [2.75, 3.05) is 19.5 Å². The Morgan fingerprint density at radius 2 is 1.76 bits per heavy atom. The number of ether oxygens (including phenoxy) is 2. The molecule has 0 radical (unpaired) electrons. The van der Waals surface area contributed by atoms with Crippen LogP contribution in [0.3, 0.4) is 0 Å². The number of carbonyl (C=O) groups excluding carboxylic acids is 1. The van der Waals surface area contributed by atoms with E-state index in [2.05, 4.69) is 5.32 Å². The normalized spacial score (nSPS) is 10.5. The average Bonchev–Trinajstić information content (AvgIpc) is 2.60. The summed E-state index contributed by atoms with van der Waals surface area (Å²) in [7, 11) is 2.81. The smallest absolute Gasteiger partial charge is 0.337 e. The van der Waals surface area contributed by atoms with E-state index in [9.17, 15) is 14.7 Å². The van der Waals surface area contributed by atoms with Gasteiger partial charge in [0, 0.05) is 23.2 Å². The van der Waals surface area contributed by atoms with Gasteiger partial charge in [0.1, 0.15) is 0 Å². The molecule has 6 nitrogen and oxygen atoms in total. The van der Waals surface area contributed by atoms with Crippen LogP contribution in [0.25, 0.3) is 6.08 Å². The summed E-state index contributed by atoms with van der Waals surface area (Å²) in [5, 5.41) is 12.3. The number of carboxylic acids is 1. The highest BCUT2D eigenvalue weighted by atomic mass is 35.5. The van der Waals surface area contributed by atoms with Gasteiger partial charge in [-0.3, -0.25) is 4.79 Å². The lowest BCUT2D eigenvalue weighted by molar-refractivity contribution is -0.111. The predicted octanol–water partition coefficient (Wildman–Crippen LogP) is 3.71. The fraction of sp³-hybridized carbons (Fsp3) is 0.111. The molecule has 0 aromatic heterocycles. The van der Waals surface area contributed by atoms with E-state index in [1.54, 1.807) is 30.3 Å². The summed E-state index contributed by atoms with van der Waals surface area (Å²) in [6.07, 6.45) is 2.81. The number of hydrogen-bond acceptors (Lipinski definition) is 4. The second kappa shape index (κ2) is 8.21. The molecule has 7 heteroatoms. The lowest BCUT2D eigenvalue weighted by Gasteiger charge is -2.13. The number of halogens is 1. The van der Waals surface area contributed by atoms with Gasteiger partial charge in [0.05, 0.1) is 25.5 Å². The number of hydrogen-bond donors (Lipinski definition) is 2. The molecule has 0 aliphatic heterocycles. The molecule has 2 aromatic rings. The molecule has 0 heterocycles. The third kappa shape index (κ3) is 4.51. The Balaban J connectivity index is 2.28. The highest BCUT2D eigenvalue weighted by molar-refractivity contribution is 6.32. The molecule has 0 aliphatic carbocycles. The number of carboxylic acid groups (broad SMARTS) is 1. The Kier molecular flexibility index (Phi) is 6.03. The van der Waals surface area contributed by atoms with Gasteiger partial charge in [-0.2, -0.15) is 0 Å². The molecule has 0 bridgehead atoms. The van der Waals surface area contributed by atoms with Crippen molar-refractivity contribution < 1.29 is 24.2 Å². The summed E-state index contributed by atoms with van der Waals surface area (Å²) in [6, 6.07) is 9.71. The number of rotatable bonds is 6. The maximum Gasteiger partial charge on any atom is 0.337 e. The molecule has 0 atom stereocenters. The van der Waals surface area contributed by atoms with Crippen molar-refractivity contribution in [2.24, 2.45) is 0 Å². The van der Waals surface area contributed by atoms with Crippen LogP contribution in [0.15, 0.2) is 42.5 Å². The second-order valence-electron chi connectivity index (χ2n) is 4.90. The molecular formula is C18H16ClNO5. The molecule has 0 spiro atoms. The Labute approximate surface area is 149 Å². The van der Waals surface area contributed by atoms with Crippen LogP contribution < -0.4 is 14.8 Å². The number of benzene rings is 2. The standard InChI is InChI=1S/C18H16ClNO5/c1-24-15-9-12(18(22)23)14(10-16(15)25-2)20-17(21)8-7-11-5-3-4-6-13(11)19/h3-10H,1-2H3,(H,20,21)(H,22,23). The van der Waals surface area contributed by atoms with Gasteiger partial charge in [-0.15, -0.1) is 0 Å². The minimum absolute atomic E-state index is 0.0963. The Bertz CT molecular complexity index is 832. The van der Waals surface area contributed by atoms with Gasteiger partial charge in [-0.25, -0.2) is 4.79 Å². The summed E-state index contributed by atoms with van der Waals surface area (Å²) >= 11 is 6.02. The van der Waals surface area contributed by atoms with Crippen molar-refractivity contribution in [2.45, 2.75) is 0 Å². The fourth-order valence-electron chi connectivity index (χ4n) is 2.11. The number of aromatic carboxylic acids is 1. The number of nitrogens with one attached hydrogen (secondary N) is 1. The highest BCUT2D eigenvalue weighted by Crippen LogP contribution is 2.33. The van der Waals surface area contributed by atoms with Gasteiger partial charge in [-0.1, -0.05) is 29.8 Å². The first-order chi connectivity index (χ1) is 12.0. The molecule has 2 aromatic carbocycles. The first kappa shape index (κ1) is 18.4. The van der Waals surface area contributed by atoms with Crippen LogP contribution in [0, 0.1) is 0 Å². The van der Waals surface area contributed by atoms with Gasteiger partial charge in [0.2, 0.25) is 5.91 Å². The lowest BCUT2D eigenvalue weighted by atomic mass is 10.1. The van der Waals surface area contributed by atoms with Crippen molar-refractivity contribution >= 4 is 35.2 Å². The Morgan fingerprint density at radius 1 is 1.12 bits per heavy atom. The zero-order chi connectivity index (χ0) is 18.4. The molecular weight excluding hydrogens is 346 g/mol. The number of anilines is 1. The van der Waals surface area contributed by atoms with Crippen LogP contribution in [0.1, 0.15) is 15.9 Å². The maximum absolute atomic E-state index is 12.1. The first-order valence-electron chi connectivity index (χ1n) is 7.19. The molecule has 1 amide bonds. The third-order valence-corrected chi connectivity index (χ3v) is 3.68. The molecule has 0 saturated carbocycles. The molecule has 130 valence electrons. The number of carbonyl (C=O) groups is 2. The molecule has 0 aliphatic rings. The molecule has 25 heavy (non-hydrogen) atoms. The van der Waals surface area contributed by atoms with Gasteiger partial charge in [-0.05, 0) is 17.7 Å². The molecule has 0 fully saturated rings. The zero-order valence-electron chi connectivity index (χ0n) is 13.6. The van der Waals surface area contributed by atoms with E-state index in [4.69, 9.17) is 21.1 Å². The quantitative estimate of drug-likeness (QED) is 0.766. The average molecular weight is 362 g/mol. The van der Waals surface area contributed by atoms with E-state index in [-0.39, 0.29) is 17.0 Å². The van der Waals surface area contributed by atoms with Crippen LogP contribution in [-0.4, -0.2) is 31.2 Å². The first-order valence-corrected chi connectivity index (χ1v) is 7.57. The fourth-order valence-corrected chi connectivity index (χ4v) is 2.31. The number of amides is 1. The lowest BCUT2D eigenvalue weighted by Crippen LogP contribution is -2.12. The molecule has 0 saturated heterocycles. The largest absolute Gasteiger partial charge is 0.493 e. The van der Waals surface area contributed by atoms with E-state index >= 15 is 0 Å². The molecule has 2 rings (SSSR count). The van der Waals surface area contributed by atoms with Crippen LogP contribution in [0.4, 0.5) is 5.69 Å². The van der Waals surface area contributed by atoms with Crippen LogP contribution >= 0.6 is 11.6 Å². The summed E-state index contributed by atoms with van der Waals surface area (Å²) < 4.78 is 10.2. The van der Waals surface area contributed by atoms with E-state index in [1.165, 1.54) is 32.4 Å². The Hall–Kier alpha value is -2.99. The maximum atomic E-state index is 12.1. The van der Waals surface area contributed by atoms with Crippen molar-refractivity contribution in [1.82, 2.24) is 0 Å². The van der Waals surface area contributed by atoms with E-state index in [1.807, 2.05) is 0 Å². The van der Waals surface area contributed by atoms with Crippen LogP contribution in [0.2, 0.25) is 5.02 Å². The summed E-state index contributed by atoms with van der Waals surface area (Å²) in [5.41, 5.74) is 0.654. The summed E-state index contributed by atoms with van der Waals surface area (Å²) in [6.45, 7) is 0. The predicted molar refractivity (Wildman–Crippen MR) is 95.6 cm³/mol. The summed E-state index contributed by atoms with van der Waals surface area (Å²) in [4.78, 5) is 23.5. The van der Waals surface area contributed by atoms with E-state index in [0.717, 1.165) is 0 Å². The van der Waals surface area contributed by atoms with Gasteiger partial charge in [0.25, 0.3) is 0 Å². The van der Waals surface area contributed by atoms with Gasteiger partial charge >= 0.3 is 5.97 Å². The Morgan fingerprint density at radius 3 is 2.36 bits per heavy atom. The monoisotopic (exact) mass is 361 g/mol. The minimum Gasteiger partial charge on any atom is -0.493 e. The summed E-state index contributed by atoms with van der Waals surface area (Å²) in [5.74, 6) is -1.15. The van der Waals surface area contributed by atoms with Crippen molar-refractivity contribution in [1.29, 1.82) is 0 Å². The van der Waals surface area contributed by atoms with Crippen molar-refractivity contribution in [3.63, 3.8) is 0 Å². The zero-order valence-corrected chi connectivity index (χ0v) is 14.3. The molecule has 0 unspecified atom stereocenters. The molecule has 2 N–H and O–H groups in total. The van der Waals surface area contributed by atoms with Crippen molar-refractivity contribution in [3.05, 3.63) is 58.6 Å². The number of methoxy groups -OCH3 is 2. The minimum atomic E-state index is -1.20. The SMILES string of the molecule is COc1cc(NC(=O)C=Cc2ccccc2Cl)c(C(=O)O)cc1OC. The van der Waals surface area contributed by atoms with Gasteiger partial charge < -0.3 is 19.9 Å². The van der Waals surface area contributed by atoms with Crippen LogP contribution in [-0.2, 0) is 4.79 Å². The topological polar surface area (TPSA) is 84.9 Å². The van der Waals surface area contributed by atoms with E-state index < -0.39 is 11.9 Å².